The molecule has 3 aromatic rings. The van der Waals surface area contributed by atoms with E-state index in [0.29, 0.717) is 16.3 Å². The van der Waals surface area contributed by atoms with Crippen molar-refractivity contribution in [1.29, 1.82) is 0 Å². The lowest BCUT2D eigenvalue weighted by Gasteiger charge is -2.10. The van der Waals surface area contributed by atoms with Gasteiger partial charge in [-0.05, 0) is 55.7 Å². The first-order chi connectivity index (χ1) is 14.4. The van der Waals surface area contributed by atoms with E-state index in [2.05, 4.69) is 11.4 Å². The summed E-state index contributed by atoms with van der Waals surface area (Å²) in [6.07, 6.45) is 3.12. The fourth-order valence-corrected chi connectivity index (χ4v) is 4.05. The molecule has 3 N–H and O–H groups in total. The number of benzene rings is 2. The minimum Gasteiger partial charge on any atom is -0.462 e. The van der Waals surface area contributed by atoms with Gasteiger partial charge in [0.15, 0.2) is 0 Å². The van der Waals surface area contributed by atoms with E-state index in [-0.39, 0.29) is 12.5 Å². The van der Waals surface area contributed by atoms with Crippen molar-refractivity contribution >= 4 is 40.0 Å². The lowest BCUT2D eigenvalue weighted by molar-refractivity contribution is -0.111. The first-order valence-corrected chi connectivity index (χ1v) is 10.5. The van der Waals surface area contributed by atoms with Crippen LogP contribution >= 0.6 is 11.3 Å². The summed E-state index contributed by atoms with van der Waals surface area (Å²) in [4.78, 5) is 25.2. The summed E-state index contributed by atoms with van der Waals surface area (Å²) in [7, 11) is 0. The second-order valence-corrected chi connectivity index (χ2v) is 7.76. The standard InChI is InChI=1S/C24H24N2O3S/c1-4-29-24(28)22-20(19-11-5-15(2)13-16(19)3)14-30-23(22)26-21(27)12-8-17-6-9-18(25)10-7-17/h5-14H,4,25H2,1-3H3,(H,26,27)/b12-8+. The van der Waals surface area contributed by atoms with E-state index < -0.39 is 5.97 Å². The zero-order valence-electron chi connectivity index (χ0n) is 17.2. The first kappa shape index (κ1) is 21.3. The number of ether oxygens (including phenoxy) is 1. The van der Waals surface area contributed by atoms with Crippen LogP contribution in [0.2, 0.25) is 0 Å². The summed E-state index contributed by atoms with van der Waals surface area (Å²) >= 11 is 1.31. The highest BCUT2D eigenvalue weighted by Crippen LogP contribution is 2.37. The topological polar surface area (TPSA) is 81.4 Å². The molecule has 1 amide bonds. The van der Waals surface area contributed by atoms with Gasteiger partial charge in [0.2, 0.25) is 5.91 Å². The summed E-state index contributed by atoms with van der Waals surface area (Å²) < 4.78 is 5.26. The van der Waals surface area contributed by atoms with Crippen molar-refractivity contribution < 1.29 is 14.3 Å². The van der Waals surface area contributed by atoms with Crippen molar-refractivity contribution in [3.63, 3.8) is 0 Å². The van der Waals surface area contributed by atoms with Gasteiger partial charge in [-0.2, -0.15) is 0 Å². The molecule has 1 heterocycles. The largest absolute Gasteiger partial charge is 0.462 e. The number of aryl methyl sites for hydroxylation is 2. The van der Waals surface area contributed by atoms with Crippen molar-refractivity contribution in [3.05, 3.63) is 76.2 Å². The van der Waals surface area contributed by atoms with E-state index in [1.54, 1.807) is 25.1 Å². The smallest absolute Gasteiger partial charge is 0.341 e. The highest BCUT2D eigenvalue weighted by molar-refractivity contribution is 7.15. The third kappa shape index (κ3) is 4.96. The van der Waals surface area contributed by atoms with Gasteiger partial charge in [-0.25, -0.2) is 4.79 Å². The Bertz CT molecular complexity index is 1100. The van der Waals surface area contributed by atoms with E-state index >= 15 is 0 Å². The monoisotopic (exact) mass is 420 g/mol. The van der Waals surface area contributed by atoms with Crippen LogP contribution in [0.15, 0.2) is 53.9 Å². The van der Waals surface area contributed by atoms with Crippen LogP contribution in [0, 0.1) is 13.8 Å². The quantitative estimate of drug-likeness (QED) is 0.316. The van der Waals surface area contributed by atoms with Gasteiger partial charge in [0.05, 0.1) is 6.61 Å². The molecule has 6 heteroatoms. The van der Waals surface area contributed by atoms with Crippen LogP contribution in [0.3, 0.4) is 0 Å². The number of hydrogen-bond acceptors (Lipinski definition) is 5. The van der Waals surface area contributed by atoms with Crippen molar-refractivity contribution in [2.24, 2.45) is 0 Å². The number of thiophene rings is 1. The van der Waals surface area contributed by atoms with E-state index in [0.717, 1.165) is 27.8 Å². The number of hydrogen-bond donors (Lipinski definition) is 2. The Balaban J connectivity index is 1.90. The molecular weight excluding hydrogens is 396 g/mol. The summed E-state index contributed by atoms with van der Waals surface area (Å²) in [5, 5.41) is 5.17. The van der Waals surface area contributed by atoms with Crippen LogP contribution in [0.1, 0.15) is 34.0 Å². The molecule has 0 saturated heterocycles. The molecule has 1 aromatic heterocycles. The Morgan fingerprint density at radius 3 is 2.50 bits per heavy atom. The zero-order chi connectivity index (χ0) is 21.7. The van der Waals surface area contributed by atoms with E-state index in [4.69, 9.17) is 10.5 Å². The number of carbonyl (C=O) groups is 2. The summed E-state index contributed by atoms with van der Waals surface area (Å²) in [6.45, 7) is 6.04. The number of nitrogens with one attached hydrogen (secondary N) is 1. The number of amides is 1. The Kier molecular flexibility index (Phi) is 6.69. The molecule has 154 valence electrons. The molecule has 5 nitrogen and oxygen atoms in total. The Labute approximate surface area is 180 Å². The molecule has 0 atom stereocenters. The van der Waals surface area contributed by atoms with E-state index in [1.807, 2.05) is 43.5 Å². The number of carbonyl (C=O) groups excluding carboxylic acids is 2. The fourth-order valence-electron chi connectivity index (χ4n) is 3.10. The molecular formula is C24H24N2O3S. The van der Waals surface area contributed by atoms with Crippen molar-refractivity contribution in [2.45, 2.75) is 20.8 Å². The van der Waals surface area contributed by atoms with Gasteiger partial charge in [-0.15, -0.1) is 11.3 Å². The number of nitrogens with two attached hydrogens (primary N) is 1. The molecule has 0 spiro atoms. The Morgan fingerprint density at radius 1 is 1.10 bits per heavy atom. The molecule has 0 aliphatic carbocycles. The number of esters is 1. The molecule has 0 bridgehead atoms. The molecule has 3 rings (SSSR count). The molecule has 0 fully saturated rings. The van der Waals surface area contributed by atoms with E-state index in [9.17, 15) is 9.59 Å². The van der Waals surface area contributed by atoms with Gasteiger partial charge in [-0.3, -0.25) is 4.79 Å². The van der Waals surface area contributed by atoms with Crippen LogP contribution in [0.4, 0.5) is 10.7 Å². The van der Waals surface area contributed by atoms with Gasteiger partial charge in [0, 0.05) is 22.7 Å². The van der Waals surface area contributed by atoms with Crippen molar-refractivity contribution in [2.75, 3.05) is 17.7 Å². The average Bonchev–Trinajstić information content (AvgIpc) is 3.11. The summed E-state index contributed by atoms with van der Waals surface area (Å²) in [6, 6.07) is 13.2. The van der Waals surface area contributed by atoms with Crippen LogP contribution in [-0.4, -0.2) is 18.5 Å². The lowest BCUT2D eigenvalue weighted by Crippen LogP contribution is -2.12. The number of anilines is 2. The third-order valence-electron chi connectivity index (χ3n) is 4.54. The molecule has 0 aliphatic heterocycles. The number of nitrogen functional groups attached to an aromatic ring is 1. The zero-order valence-corrected chi connectivity index (χ0v) is 18.0. The van der Waals surface area contributed by atoms with Crippen molar-refractivity contribution in [3.8, 4) is 11.1 Å². The Morgan fingerprint density at radius 2 is 1.83 bits per heavy atom. The number of rotatable bonds is 6. The summed E-state index contributed by atoms with van der Waals surface area (Å²) in [5.74, 6) is -0.780. The molecule has 2 aromatic carbocycles. The van der Waals surface area contributed by atoms with E-state index in [1.165, 1.54) is 17.4 Å². The molecule has 0 aliphatic rings. The average molecular weight is 421 g/mol. The highest BCUT2D eigenvalue weighted by Gasteiger charge is 2.23. The minimum absolute atomic E-state index is 0.255. The summed E-state index contributed by atoms with van der Waals surface area (Å²) in [5.41, 5.74) is 11.5. The molecule has 0 unspecified atom stereocenters. The second-order valence-electron chi connectivity index (χ2n) is 6.88. The van der Waals surface area contributed by atoms with Gasteiger partial charge < -0.3 is 15.8 Å². The minimum atomic E-state index is -0.452. The fraction of sp³-hybridized carbons (Fsp3) is 0.167. The van der Waals surface area contributed by atoms with Crippen LogP contribution < -0.4 is 11.1 Å². The molecule has 30 heavy (non-hydrogen) atoms. The maximum Gasteiger partial charge on any atom is 0.341 e. The van der Waals surface area contributed by atoms with Crippen LogP contribution in [0.5, 0.6) is 0 Å². The second kappa shape index (κ2) is 9.41. The maximum absolute atomic E-state index is 12.7. The van der Waals surface area contributed by atoms with Gasteiger partial charge in [0.25, 0.3) is 0 Å². The normalized spacial score (nSPS) is 10.9. The van der Waals surface area contributed by atoms with Gasteiger partial charge in [0.1, 0.15) is 10.6 Å². The molecule has 0 radical (unpaired) electrons. The third-order valence-corrected chi connectivity index (χ3v) is 5.44. The predicted octanol–water partition coefficient (Wildman–Crippen LogP) is 5.44. The highest BCUT2D eigenvalue weighted by atomic mass is 32.1. The maximum atomic E-state index is 12.7. The van der Waals surface area contributed by atoms with Gasteiger partial charge >= 0.3 is 5.97 Å². The molecule has 0 saturated carbocycles. The van der Waals surface area contributed by atoms with Crippen LogP contribution in [0.25, 0.3) is 17.2 Å². The lowest BCUT2D eigenvalue weighted by atomic mass is 9.97. The van der Waals surface area contributed by atoms with Crippen molar-refractivity contribution in [1.82, 2.24) is 0 Å². The predicted molar refractivity (Wildman–Crippen MR) is 124 cm³/mol. The van der Waals surface area contributed by atoms with Gasteiger partial charge in [-0.1, -0.05) is 35.9 Å². The van der Waals surface area contributed by atoms with Crippen LogP contribution in [-0.2, 0) is 9.53 Å². The SMILES string of the molecule is CCOC(=O)c1c(-c2ccc(C)cc2C)csc1NC(=O)/C=C/c1ccc(N)cc1. The first-order valence-electron chi connectivity index (χ1n) is 9.60. The Hall–Kier alpha value is -3.38.